The summed E-state index contributed by atoms with van der Waals surface area (Å²) in [5.74, 6) is -0.913. The van der Waals surface area contributed by atoms with E-state index >= 15 is 0 Å². The normalized spacial score (nSPS) is 19.4. The molecule has 2 unspecified atom stereocenters. The molecule has 0 spiro atoms. The molecule has 3 atom stereocenters. The van der Waals surface area contributed by atoms with Crippen LogP contribution in [-0.4, -0.2) is 36.5 Å². The molecule has 1 saturated carbocycles. The average Bonchev–Trinajstić information content (AvgIpc) is 3.65. The van der Waals surface area contributed by atoms with Crippen molar-refractivity contribution in [2.45, 2.75) is 76.7 Å². The molecule has 2 aliphatic rings. The van der Waals surface area contributed by atoms with Crippen molar-refractivity contribution >= 4 is 11.9 Å². The first kappa shape index (κ1) is 31.8. The minimum atomic E-state index is -4.83. The molecule has 1 aliphatic carbocycles. The summed E-state index contributed by atoms with van der Waals surface area (Å²) in [7, 11) is 0. The zero-order valence-corrected chi connectivity index (χ0v) is 23.6. The predicted octanol–water partition coefficient (Wildman–Crippen LogP) is 7.94. The van der Waals surface area contributed by atoms with Crippen LogP contribution in [0.1, 0.15) is 86.6 Å². The Morgan fingerprint density at radius 3 is 2.38 bits per heavy atom. The molecule has 0 N–H and O–H groups in total. The Kier molecular flexibility index (Phi) is 9.90. The first-order valence-electron chi connectivity index (χ1n) is 14.3. The van der Waals surface area contributed by atoms with Crippen molar-refractivity contribution in [3.8, 4) is 5.75 Å². The number of hydrogen-bond donors (Lipinski definition) is 0. The number of benzene rings is 2. The van der Waals surface area contributed by atoms with Gasteiger partial charge in [0.2, 0.25) is 0 Å². The van der Waals surface area contributed by atoms with Crippen LogP contribution in [0.2, 0.25) is 0 Å². The Labute approximate surface area is 241 Å². The predicted molar refractivity (Wildman–Crippen MR) is 143 cm³/mol. The molecule has 4 rings (SSSR count). The van der Waals surface area contributed by atoms with Gasteiger partial charge in [-0.1, -0.05) is 25.5 Å². The van der Waals surface area contributed by atoms with Gasteiger partial charge in [0.05, 0.1) is 30.1 Å². The van der Waals surface area contributed by atoms with Gasteiger partial charge in [-0.05, 0) is 92.4 Å². The first-order valence-corrected chi connectivity index (χ1v) is 14.3. The number of halogens is 6. The van der Waals surface area contributed by atoms with Gasteiger partial charge in [-0.15, -0.1) is 0 Å². The number of hydrogen-bond acceptors (Lipinski definition) is 5. The van der Waals surface area contributed by atoms with Crippen LogP contribution in [0.25, 0.3) is 0 Å². The second-order valence-corrected chi connectivity index (χ2v) is 11.2. The topological polar surface area (TPSA) is 55.8 Å². The molecule has 1 heterocycles. The van der Waals surface area contributed by atoms with E-state index in [1.54, 1.807) is 23.1 Å². The van der Waals surface area contributed by atoms with Crippen LogP contribution in [-0.2, 0) is 26.7 Å². The lowest BCUT2D eigenvalue weighted by molar-refractivity contribution is -0.144. The summed E-state index contributed by atoms with van der Waals surface area (Å²) in [5, 5.41) is 0. The second kappa shape index (κ2) is 13.1. The van der Waals surface area contributed by atoms with E-state index < -0.39 is 47.0 Å². The van der Waals surface area contributed by atoms with Crippen molar-refractivity contribution in [3.05, 3.63) is 64.7 Å². The Balaban J connectivity index is 1.42. The van der Waals surface area contributed by atoms with Crippen molar-refractivity contribution < 1.29 is 45.4 Å². The van der Waals surface area contributed by atoms with E-state index in [-0.39, 0.29) is 37.8 Å². The average molecular weight is 600 g/mol. The van der Waals surface area contributed by atoms with E-state index in [0.29, 0.717) is 36.5 Å². The molecule has 1 saturated heterocycles. The van der Waals surface area contributed by atoms with Crippen molar-refractivity contribution in [1.82, 2.24) is 4.90 Å². The molecule has 42 heavy (non-hydrogen) atoms. The summed E-state index contributed by atoms with van der Waals surface area (Å²) in [6.07, 6.45) is -5.39. The monoisotopic (exact) mass is 599 g/mol. The van der Waals surface area contributed by atoms with E-state index in [4.69, 9.17) is 9.47 Å². The second-order valence-electron chi connectivity index (χ2n) is 11.2. The third-order valence-electron chi connectivity index (χ3n) is 8.08. The minimum Gasteiger partial charge on any atom is -0.466 e. The number of unbranched alkanes of at least 4 members (excludes halogenated alkanes) is 1. The number of rotatable bonds is 11. The molecule has 0 bridgehead atoms. The third-order valence-corrected chi connectivity index (χ3v) is 8.08. The smallest absolute Gasteiger partial charge is 0.416 e. The molecule has 1 aliphatic heterocycles. The fourth-order valence-corrected chi connectivity index (χ4v) is 5.50. The quantitative estimate of drug-likeness (QED) is 0.114. The van der Waals surface area contributed by atoms with Gasteiger partial charge < -0.3 is 9.47 Å². The molecule has 0 amide bonds. The van der Waals surface area contributed by atoms with Gasteiger partial charge in [0.25, 0.3) is 0 Å². The lowest BCUT2D eigenvalue weighted by Gasteiger charge is -2.28. The van der Waals surface area contributed by atoms with Crippen LogP contribution in [0.3, 0.4) is 0 Å². The van der Waals surface area contributed by atoms with Crippen molar-refractivity contribution in [3.63, 3.8) is 0 Å². The molecule has 0 aromatic heterocycles. The van der Waals surface area contributed by atoms with Gasteiger partial charge in [0.15, 0.2) is 0 Å². The number of esters is 2. The summed E-state index contributed by atoms with van der Waals surface area (Å²) in [4.78, 5) is 27.0. The van der Waals surface area contributed by atoms with E-state index in [1.807, 2.05) is 13.0 Å². The summed E-state index contributed by atoms with van der Waals surface area (Å²) in [6, 6.07) is 7.40. The SMILES string of the molecule is CCCCOC(=O)C[C@H](c1cccc(OC(=O)C2CCN(C(C)c3cc(C(F)(F)F)ccc3C(F)(F)F)C2)c1)C1CC1. The Morgan fingerprint density at radius 1 is 1.00 bits per heavy atom. The molecular weight excluding hydrogens is 564 g/mol. The standard InChI is InChI=1S/C31H35F6NO4/c1-3-4-14-41-28(39)17-26(20-8-9-20)21-6-5-7-24(15-21)42-29(40)22-12-13-38(18-22)19(2)25-16-23(30(32,33)34)10-11-27(25)31(35,36)37/h5-7,10-11,15-16,19-20,22,26H,3-4,8-9,12-14,17-18H2,1-2H3/t19?,22?,26-/m0/s1. The van der Waals surface area contributed by atoms with E-state index in [9.17, 15) is 35.9 Å². The summed E-state index contributed by atoms with van der Waals surface area (Å²) >= 11 is 0. The largest absolute Gasteiger partial charge is 0.466 e. The van der Waals surface area contributed by atoms with Crippen LogP contribution in [0, 0.1) is 11.8 Å². The lowest BCUT2D eigenvalue weighted by Crippen LogP contribution is -2.29. The fourth-order valence-electron chi connectivity index (χ4n) is 5.50. The van der Waals surface area contributed by atoms with Crippen LogP contribution in [0.5, 0.6) is 5.75 Å². The highest BCUT2D eigenvalue weighted by Crippen LogP contribution is 2.45. The molecule has 11 heteroatoms. The van der Waals surface area contributed by atoms with Gasteiger partial charge in [-0.3, -0.25) is 14.5 Å². The highest BCUT2D eigenvalue weighted by Gasteiger charge is 2.41. The Bertz CT molecular complexity index is 1260. The van der Waals surface area contributed by atoms with Crippen molar-refractivity contribution in [2.75, 3.05) is 19.7 Å². The van der Waals surface area contributed by atoms with E-state index in [1.165, 1.54) is 6.92 Å². The molecule has 0 radical (unpaired) electrons. The summed E-state index contributed by atoms with van der Waals surface area (Å²) in [6.45, 7) is 4.07. The number of nitrogens with zero attached hydrogens (tertiary/aromatic N) is 1. The fraction of sp³-hybridized carbons (Fsp3) is 0.548. The van der Waals surface area contributed by atoms with Crippen LogP contribution in [0.4, 0.5) is 26.3 Å². The number of carbonyl (C=O) groups excluding carboxylic acids is 2. The minimum absolute atomic E-state index is 0.0432. The highest BCUT2D eigenvalue weighted by molar-refractivity contribution is 5.76. The van der Waals surface area contributed by atoms with Gasteiger partial charge in [0.1, 0.15) is 5.75 Å². The number of likely N-dealkylation sites (tertiary alicyclic amines) is 1. The van der Waals surface area contributed by atoms with E-state index in [0.717, 1.165) is 31.2 Å². The van der Waals surface area contributed by atoms with Gasteiger partial charge in [-0.25, -0.2) is 0 Å². The number of alkyl halides is 6. The van der Waals surface area contributed by atoms with Crippen LogP contribution < -0.4 is 4.74 Å². The Morgan fingerprint density at radius 2 is 1.74 bits per heavy atom. The molecule has 5 nitrogen and oxygen atoms in total. The van der Waals surface area contributed by atoms with Gasteiger partial charge >= 0.3 is 24.3 Å². The number of ether oxygens (including phenoxy) is 2. The maximum Gasteiger partial charge on any atom is 0.416 e. The molecule has 230 valence electrons. The van der Waals surface area contributed by atoms with Crippen molar-refractivity contribution in [2.24, 2.45) is 11.8 Å². The molecular formula is C31H35F6NO4. The van der Waals surface area contributed by atoms with Gasteiger partial charge in [-0.2, -0.15) is 26.3 Å². The third kappa shape index (κ3) is 8.05. The van der Waals surface area contributed by atoms with Crippen molar-refractivity contribution in [1.29, 1.82) is 0 Å². The Hall–Kier alpha value is -3.08. The molecule has 2 aromatic carbocycles. The molecule has 2 fully saturated rings. The van der Waals surface area contributed by atoms with Crippen LogP contribution in [0.15, 0.2) is 42.5 Å². The highest BCUT2D eigenvalue weighted by atomic mass is 19.4. The van der Waals surface area contributed by atoms with E-state index in [2.05, 4.69) is 0 Å². The lowest BCUT2D eigenvalue weighted by atomic mass is 9.91. The first-order chi connectivity index (χ1) is 19.8. The zero-order valence-electron chi connectivity index (χ0n) is 23.6. The summed E-state index contributed by atoms with van der Waals surface area (Å²) < 4.78 is 91.8. The number of carbonyl (C=O) groups is 2. The zero-order chi connectivity index (χ0) is 30.7. The summed E-state index contributed by atoms with van der Waals surface area (Å²) in [5.41, 5.74) is -1.92. The maximum atomic E-state index is 13.7. The van der Waals surface area contributed by atoms with Crippen LogP contribution >= 0.6 is 0 Å². The maximum absolute atomic E-state index is 13.7. The molecule has 2 aromatic rings. The van der Waals surface area contributed by atoms with Gasteiger partial charge in [0, 0.05) is 12.6 Å².